The molecule has 0 aliphatic carbocycles. The minimum Gasteiger partial charge on any atom is -0.508 e. The van der Waals surface area contributed by atoms with Crippen LogP contribution in [-0.2, 0) is 4.74 Å². The minimum absolute atomic E-state index is 0.109. The van der Waals surface area contributed by atoms with Gasteiger partial charge in [0.1, 0.15) is 23.2 Å². The maximum Gasteiger partial charge on any atom is 0.343 e. The van der Waals surface area contributed by atoms with Crippen molar-refractivity contribution in [2.45, 2.75) is 12.2 Å². The van der Waals surface area contributed by atoms with Crippen LogP contribution >= 0.6 is 0 Å². The fourth-order valence-electron chi connectivity index (χ4n) is 2.38. The zero-order valence-corrected chi connectivity index (χ0v) is 10.4. The van der Waals surface area contributed by atoms with Crippen molar-refractivity contribution in [2.24, 2.45) is 0 Å². The highest BCUT2D eigenvalue weighted by molar-refractivity contribution is 5.95. The maximum absolute atomic E-state index is 12.0. The first kappa shape index (κ1) is 12.5. The van der Waals surface area contributed by atoms with Gasteiger partial charge in [-0.05, 0) is 11.6 Å². The number of ether oxygens (including phenoxy) is 1. The number of rotatable bonds is 1. The second kappa shape index (κ2) is 4.54. The predicted molar refractivity (Wildman–Crippen MR) is 69.3 cm³/mol. The van der Waals surface area contributed by atoms with E-state index < -0.39 is 23.9 Å². The number of aliphatic hydroxyl groups excluding tert-OH is 1. The summed E-state index contributed by atoms with van der Waals surface area (Å²) in [4.78, 5) is 12.0. The highest BCUT2D eigenvalue weighted by atomic mass is 16.6. The SMILES string of the molecule is O=C1O[C@H](c2ccccc2)[C@@H](O)c2cc(O)cc(O)c21. The van der Waals surface area contributed by atoms with E-state index in [4.69, 9.17) is 4.74 Å². The first-order chi connectivity index (χ1) is 9.58. The number of carbonyl (C=O) groups is 1. The van der Waals surface area contributed by atoms with Gasteiger partial charge in [-0.15, -0.1) is 0 Å². The van der Waals surface area contributed by atoms with Gasteiger partial charge in [-0.3, -0.25) is 0 Å². The Balaban J connectivity index is 2.11. The molecule has 0 spiro atoms. The lowest BCUT2D eigenvalue weighted by Crippen LogP contribution is -2.26. The first-order valence-corrected chi connectivity index (χ1v) is 6.08. The van der Waals surface area contributed by atoms with Crippen LogP contribution < -0.4 is 0 Å². The quantitative estimate of drug-likeness (QED) is 0.691. The number of phenols is 2. The van der Waals surface area contributed by atoms with Crippen molar-refractivity contribution in [3.8, 4) is 11.5 Å². The van der Waals surface area contributed by atoms with E-state index in [1.165, 1.54) is 6.07 Å². The molecule has 102 valence electrons. The fraction of sp³-hybridized carbons (Fsp3) is 0.133. The topological polar surface area (TPSA) is 87.0 Å². The summed E-state index contributed by atoms with van der Waals surface area (Å²) in [6.45, 7) is 0. The second-order valence-electron chi connectivity index (χ2n) is 4.61. The Kier molecular flexibility index (Phi) is 2.84. The normalized spacial score (nSPS) is 21.1. The van der Waals surface area contributed by atoms with Crippen molar-refractivity contribution >= 4 is 5.97 Å². The number of benzene rings is 2. The second-order valence-corrected chi connectivity index (χ2v) is 4.61. The van der Waals surface area contributed by atoms with E-state index in [-0.39, 0.29) is 16.9 Å². The van der Waals surface area contributed by atoms with Crippen molar-refractivity contribution in [1.29, 1.82) is 0 Å². The molecule has 1 heterocycles. The van der Waals surface area contributed by atoms with E-state index in [1.54, 1.807) is 24.3 Å². The Hall–Kier alpha value is -2.53. The summed E-state index contributed by atoms with van der Waals surface area (Å²) in [6.07, 6.45) is -2.01. The molecule has 0 bridgehead atoms. The Morgan fingerprint density at radius 3 is 2.45 bits per heavy atom. The Bertz CT molecular complexity index is 665. The molecular weight excluding hydrogens is 260 g/mol. The molecule has 5 heteroatoms. The van der Waals surface area contributed by atoms with Crippen molar-refractivity contribution in [1.82, 2.24) is 0 Å². The van der Waals surface area contributed by atoms with E-state index in [9.17, 15) is 20.1 Å². The molecule has 0 amide bonds. The van der Waals surface area contributed by atoms with Crippen molar-refractivity contribution < 1.29 is 24.9 Å². The van der Waals surface area contributed by atoms with Crippen LogP contribution in [0.15, 0.2) is 42.5 Å². The standard InChI is InChI=1S/C15H12O5/c16-9-6-10-12(11(17)7-9)15(19)20-14(13(10)18)8-4-2-1-3-5-8/h1-7,13-14,16-18H/t13-,14+/m0/s1. The molecule has 2 aromatic carbocycles. The van der Waals surface area contributed by atoms with Crippen LogP contribution in [0.4, 0.5) is 0 Å². The van der Waals surface area contributed by atoms with Crippen LogP contribution in [0, 0.1) is 0 Å². The molecule has 0 saturated heterocycles. The van der Waals surface area contributed by atoms with Crippen LogP contribution in [-0.4, -0.2) is 21.3 Å². The van der Waals surface area contributed by atoms with E-state index in [0.29, 0.717) is 5.56 Å². The highest BCUT2D eigenvalue weighted by Gasteiger charge is 2.37. The third kappa shape index (κ3) is 1.88. The smallest absolute Gasteiger partial charge is 0.343 e. The molecule has 3 N–H and O–H groups in total. The molecular formula is C15H12O5. The average Bonchev–Trinajstić information content (AvgIpc) is 2.43. The van der Waals surface area contributed by atoms with Gasteiger partial charge >= 0.3 is 5.97 Å². The first-order valence-electron chi connectivity index (χ1n) is 6.08. The molecule has 0 unspecified atom stereocenters. The average molecular weight is 272 g/mol. The lowest BCUT2D eigenvalue weighted by molar-refractivity contribution is -0.0311. The van der Waals surface area contributed by atoms with Gasteiger partial charge < -0.3 is 20.1 Å². The number of hydrogen-bond acceptors (Lipinski definition) is 5. The number of aliphatic hydroxyl groups is 1. The van der Waals surface area contributed by atoms with Gasteiger partial charge in [0.25, 0.3) is 0 Å². The lowest BCUT2D eigenvalue weighted by Gasteiger charge is -2.30. The molecule has 0 saturated carbocycles. The number of aromatic hydroxyl groups is 2. The van der Waals surface area contributed by atoms with Crippen LogP contribution in [0.5, 0.6) is 11.5 Å². The highest BCUT2D eigenvalue weighted by Crippen LogP contribution is 2.43. The molecule has 2 aromatic rings. The number of cyclic esters (lactones) is 1. The predicted octanol–water partition coefficient (Wildman–Crippen LogP) is 2.04. The van der Waals surface area contributed by atoms with Gasteiger partial charge in [0.05, 0.1) is 0 Å². The van der Waals surface area contributed by atoms with Gasteiger partial charge in [0.15, 0.2) is 6.10 Å². The lowest BCUT2D eigenvalue weighted by atomic mass is 9.91. The number of carbonyl (C=O) groups excluding carboxylic acids is 1. The van der Waals surface area contributed by atoms with Crippen molar-refractivity contribution in [2.75, 3.05) is 0 Å². The van der Waals surface area contributed by atoms with Gasteiger partial charge in [-0.25, -0.2) is 4.79 Å². The molecule has 5 nitrogen and oxygen atoms in total. The Morgan fingerprint density at radius 1 is 1.05 bits per heavy atom. The molecule has 1 aliphatic rings. The molecule has 3 rings (SSSR count). The minimum atomic E-state index is -1.15. The summed E-state index contributed by atoms with van der Waals surface area (Å²) in [5.74, 6) is -1.35. The van der Waals surface area contributed by atoms with Gasteiger partial charge in [-0.1, -0.05) is 30.3 Å². The number of esters is 1. The molecule has 0 radical (unpaired) electrons. The molecule has 2 atom stereocenters. The van der Waals surface area contributed by atoms with Crippen LogP contribution in [0.3, 0.4) is 0 Å². The third-order valence-corrected chi connectivity index (χ3v) is 3.30. The third-order valence-electron chi connectivity index (χ3n) is 3.30. The van der Waals surface area contributed by atoms with E-state index >= 15 is 0 Å². The van der Waals surface area contributed by atoms with Gasteiger partial charge in [-0.2, -0.15) is 0 Å². The summed E-state index contributed by atoms with van der Waals surface area (Å²) >= 11 is 0. The van der Waals surface area contributed by atoms with Gasteiger partial charge in [0.2, 0.25) is 0 Å². The Morgan fingerprint density at radius 2 is 1.75 bits per heavy atom. The summed E-state index contributed by atoms with van der Waals surface area (Å²) in [7, 11) is 0. The summed E-state index contributed by atoms with van der Waals surface area (Å²) < 4.78 is 5.20. The molecule has 0 aromatic heterocycles. The number of phenolic OH excluding ortho intramolecular Hbond substituents is 2. The van der Waals surface area contributed by atoms with Crippen molar-refractivity contribution in [3.63, 3.8) is 0 Å². The fourth-order valence-corrected chi connectivity index (χ4v) is 2.38. The van der Waals surface area contributed by atoms with Crippen LogP contribution in [0.1, 0.15) is 33.7 Å². The van der Waals surface area contributed by atoms with E-state index in [2.05, 4.69) is 0 Å². The molecule has 0 fully saturated rings. The largest absolute Gasteiger partial charge is 0.508 e. The number of hydrogen-bond donors (Lipinski definition) is 3. The van der Waals surface area contributed by atoms with Crippen LogP contribution in [0.25, 0.3) is 0 Å². The van der Waals surface area contributed by atoms with Crippen molar-refractivity contribution in [3.05, 3.63) is 59.2 Å². The monoisotopic (exact) mass is 272 g/mol. The summed E-state index contributed by atoms with van der Waals surface area (Å²) in [5.41, 5.74) is 0.692. The molecule has 20 heavy (non-hydrogen) atoms. The maximum atomic E-state index is 12.0. The van der Waals surface area contributed by atoms with E-state index in [0.717, 1.165) is 6.07 Å². The van der Waals surface area contributed by atoms with Crippen LogP contribution in [0.2, 0.25) is 0 Å². The van der Waals surface area contributed by atoms with Gasteiger partial charge in [0, 0.05) is 11.6 Å². The zero-order valence-electron chi connectivity index (χ0n) is 10.4. The number of fused-ring (bicyclic) bond motifs is 1. The Labute approximate surface area is 114 Å². The summed E-state index contributed by atoms with van der Waals surface area (Å²) in [5, 5.41) is 29.6. The zero-order chi connectivity index (χ0) is 14.3. The van der Waals surface area contributed by atoms with E-state index in [1.807, 2.05) is 6.07 Å². The molecule has 1 aliphatic heterocycles. The summed E-state index contributed by atoms with van der Waals surface area (Å²) in [6, 6.07) is 11.1.